The highest BCUT2D eigenvalue weighted by atomic mass is 16.5. The Morgan fingerprint density at radius 2 is 2.06 bits per heavy atom. The maximum Gasteiger partial charge on any atom is 0.306 e. The van der Waals surface area contributed by atoms with Crippen molar-refractivity contribution in [3.8, 4) is 0 Å². The van der Waals surface area contributed by atoms with E-state index in [0.29, 0.717) is 12.5 Å². The average molecular weight is 227 g/mol. The van der Waals surface area contributed by atoms with Crippen LogP contribution in [0, 0.1) is 11.8 Å². The Kier molecular flexibility index (Phi) is 5.81. The second-order valence-corrected chi connectivity index (χ2v) is 5.08. The Morgan fingerprint density at radius 3 is 2.69 bits per heavy atom. The van der Waals surface area contributed by atoms with Gasteiger partial charge in [-0.1, -0.05) is 26.7 Å². The summed E-state index contributed by atoms with van der Waals surface area (Å²) in [4.78, 5) is 11.0. The molecule has 3 heteroatoms. The summed E-state index contributed by atoms with van der Waals surface area (Å²) in [6, 6.07) is 0.596. The molecule has 0 aliphatic heterocycles. The lowest BCUT2D eigenvalue weighted by atomic mass is 9.78. The molecule has 1 aliphatic carbocycles. The molecule has 0 saturated heterocycles. The standard InChI is InChI=1S/C13H25NO2/c1-10(2)11-6-4-5-7-12(11)14-9-8-13(15)16-3/h10-12,14H,4-9H2,1-3H3. The largest absolute Gasteiger partial charge is 0.469 e. The zero-order valence-electron chi connectivity index (χ0n) is 10.8. The Morgan fingerprint density at radius 1 is 1.38 bits per heavy atom. The van der Waals surface area contributed by atoms with Gasteiger partial charge < -0.3 is 10.1 Å². The first kappa shape index (κ1) is 13.5. The summed E-state index contributed by atoms with van der Waals surface area (Å²) in [7, 11) is 1.44. The van der Waals surface area contributed by atoms with Gasteiger partial charge in [0.15, 0.2) is 0 Å². The molecule has 1 fully saturated rings. The molecule has 0 heterocycles. The SMILES string of the molecule is COC(=O)CCNC1CCCCC1C(C)C. The number of hydrogen-bond acceptors (Lipinski definition) is 3. The van der Waals surface area contributed by atoms with Gasteiger partial charge in [-0.05, 0) is 24.7 Å². The van der Waals surface area contributed by atoms with Crippen molar-refractivity contribution in [3.63, 3.8) is 0 Å². The molecule has 1 aliphatic rings. The molecule has 0 bridgehead atoms. The first-order chi connectivity index (χ1) is 7.65. The monoisotopic (exact) mass is 227 g/mol. The molecule has 3 nitrogen and oxygen atoms in total. The van der Waals surface area contributed by atoms with Crippen molar-refractivity contribution in [2.45, 2.75) is 52.0 Å². The van der Waals surface area contributed by atoms with E-state index in [1.807, 2.05) is 0 Å². The van der Waals surface area contributed by atoms with Gasteiger partial charge in [-0.2, -0.15) is 0 Å². The zero-order valence-corrected chi connectivity index (χ0v) is 10.8. The second-order valence-electron chi connectivity index (χ2n) is 5.08. The van der Waals surface area contributed by atoms with Crippen LogP contribution in [0.3, 0.4) is 0 Å². The van der Waals surface area contributed by atoms with Gasteiger partial charge in [0.25, 0.3) is 0 Å². The predicted octanol–water partition coefficient (Wildman–Crippen LogP) is 2.35. The van der Waals surface area contributed by atoms with Crippen molar-refractivity contribution < 1.29 is 9.53 Å². The van der Waals surface area contributed by atoms with Crippen LogP contribution >= 0.6 is 0 Å². The molecule has 2 atom stereocenters. The Bertz CT molecular complexity index is 216. The number of hydrogen-bond donors (Lipinski definition) is 1. The highest BCUT2D eigenvalue weighted by Gasteiger charge is 2.26. The normalized spacial score (nSPS) is 25.8. The fraction of sp³-hybridized carbons (Fsp3) is 0.923. The van der Waals surface area contributed by atoms with E-state index in [-0.39, 0.29) is 5.97 Å². The third-order valence-electron chi connectivity index (χ3n) is 3.64. The molecule has 0 aromatic rings. The second kappa shape index (κ2) is 6.89. The maximum absolute atomic E-state index is 11.0. The van der Waals surface area contributed by atoms with Gasteiger partial charge in [0.05, 0.1) is 13.5 Å². The molecule has 0 spiro atoms. The molecule has 1 saturated carbocycles. The summed E-state index contributed by atoms with van der Waals surface area (Å²) in [5.41, 5.74) is 0. The molecule has 16 heavy (non-hydrogen) atoms. The van der Waals surface area contributed by atoms with Crippen molar-refractivity contribution in [1.82, 2.24) is 5.32 Å². The highest BCUT2D eigenvalue weighted by molar-refractivity contribution is 5.69. The number of nitrogens with one attached hydrogen (secondary N) is 1. The van der Waals surface area contributed by atoms with Gasteiger partial charge in [0.1, 0.15) is 0 Å². The fourth-order valence-corrected chi connectivity index (χ4v) is 2.67. The van der Waals surface area contributed by atoms with E-state index in [9.17, 15) is 4.79 Å². The minimum Gasteiger partial charge on any atom is -0.469 e. The van der Waals surface area contributed by atoms with Crippen molar-refractivity contribution in [3.05, 3.63) is 0 Å². The Balaban J connectivity index is 2.30. The lowest BCUT2D eigenvalue weighted by Gasteiger charge is -2.35. The summed E-state index contributed by atoms with van der Waals surface area (Å²) in [6.07, 6.45) is 5.74. The summed E-state index contributed by atoms with van der Waals surface area (Å²) in [6.45, 7) is 5.34. The molecule has 1 rings (SSSR count). The van der Waals surface area contributed by atoms with E-state index in [4.69, 9.17) is 0 Å². The Hall–Kier alpha value is -0.570. The minimum absolute atomic E-state index is 0.121. The van der Waals surface area contributed by atoms with Gasteiger partial charge >= 0.3 is 5.97 Å². The first-order valence-electron chi connectivity index (χ1n) is 6.45. The number of methoxy groups -OCH3 is 1. The van der Waals surface area contributed by atoms with Gasteiger partial charge in [0, 0.05) is 12.6 Å². The van der Waals surface area contributed by atoms with E-state index in [1.165, 1.54) is 32.8 Å². The van der Waals surface area contributed by atoms with Crippen molar-refractivity contribution >= 4 is 5.97 Å². The summed E-state index contributed by atoms with van der Waals surface area (Å²) in [5, 5.41) is 3.52. The van der Waals surface area contributed by atoms with Crippen molar-refractivity contribution in [2.75, 3.05) is 13.7 Å². The third-order valence-corrected chi connectivity index (χ3v) is 3.64. The molecule has 0 aromatic carbocycles. The molecule has 0 aromatic heterocycles. The number of carbonyl (C=O) groups excluding carboxylic acids is 1. The van der Waals surface area contributed by atoms with E-state index < -0.39 is 0 Å². The van der Waals surface area contributed by atoms with Crippen LogP contribution in [-0.2, 0) is 9.53 Å². The van der Waals surface area contributed by atoms with Gasteiger partial charge in [-0.3, -0.25) is 4.79 Å². The molecular formula is C13H25NO2. The fourth-order valence-electron chi connectivity index (χ4n) is 2.67. The van der Waals surface area contributed by atoms with Crippen LogP contribution in [-0.4, -0.2) is 25.7 Å². The van der Waals surface area contributed by atoms with E-state index in [2.05, 4.69) is 23.9 Å². The van der Waals surface area contributed by atoms with Crippen LogP contribution in [0.5, 0.6) is 0 Å². The summed E-state index contributed by atoms with van der Waals surface area (Å²) in [5.74, 6) is 1.38. The van der Waals surface area contributed by atoms with Crippen LogP contribution < -0.4 is 5.32 Å². The zero-order chi connectivity index (χ0) is 12.0. The molecule has 2 unspecified atom stereocenters. The van der Waals surface area contributed by atoms with Crippen LogP contribution in [0.2, 0.25) is 0 Å². The first-order valence-corrected chi connectivity index (χ1v) is 6.45. The van der Waals surface area contributed by atoms with E-state index >= 15 is 0 Å². The summed E-state index contributed by atoms with van der Waals surface area (Å²) < 4.78 is 4.63. The molecule has 0 radical (unpaired) electrons. The van der Waals surface area contributed by atoms with Crippen molar-refractivity contribution in [1.29, 1.82) is 0 Å². The number of rotatable bonds is 5. The van der Waals surface area contributed by atoms with Crippen LogP contribution in [0.4, 0.5) is 0 Å². The topological polar surface area (TPSA) is 38.3 Å². The van der Waals surface area contributed by atoms with Gasteiger partial charge in [-0.15, -0.1) is 0 Å². The van der Waals surface area contributed by atoms with Gasteiger partial charge in [0.2, 0.25) is 0 Å². The predicted molar refractivity (Wildman–Crippen MR) is 65.2 cm³/mol. The minimum atomic E-state index is -0.121. The maximum atomic E-state index is 11.0. The highest BCUT2D eigenvalue weighted by Crippen LogP contribution is 2.30. The number of carbonyl (C=O) groups is 1. The van der Waals surface area contributed by atoms with Crippen molar-refractivity contribution in [2.24, 2.45) is 11.8 Å². The van der Waals surface area contributed by atoms with Crippen LogP contribution in [0.15, 0.2) is 0 Å². The Labute approximate surface area is 98.9 Å². The van der Waals surface area contributed by atoms with Gasteiger partial charge in [-0.25, -0.2) is 0 Å². The van der Waals surface area contributed by atoms with Crippen LogP contribution in [0.1, 0.15) is 46.0 Å². The molecule has 0 amide bonds. The number of esters is 1. The quantitative estimate of drug-likeness (QED) is 0.733. The van der Waals surface area contributed by atoms with Crippen LogP contribution in [0.25, 0.3) is 0 Å². The third kappa shape index (κ3) is 4.12. The smallest absolute Gasteiger partial charge is 0.306 e. The average Bonchev–Trinajstić information content (AvgIpc) is 2.29. The van der Waals surface area contributed by atoms with E-state index in [1.54, 1.807) is 0 Å². The molecular weight excluding hydrogens is 202 g/mol. The lowest BCUT2D eigenvalue weighted by molar-refractivity contribution is -0.140. The lowest BCUT2D eigenvalue weighted by Crippen LogP contribution is -2.41. The molecule has 94 valence electrons. The molecule has 1 N–H and O–H groups in total. The van der Waals surface area contributed by atoms with E-state index in [0.717, 1.165) is 18.4 Å². The number of ether oxygens (including phenoxy) is 1. The summed E-state index contributed by atoms with van der Waals surface area (Å²) >= 11 is 0.